The lowest BCUT2D eigenvalue weighted by molar-refractivity contribution is -0.204. The van der Waals surface area contributed by atoms with Gasteiger partial charge in [0.2, 0.25) is 23.6 Å². The zero-order valence-electron chi connectivity index (χ0n) is 46.4. The second-order valence-electron chi connectivity index (χ2n) is 22.1. The molecule has 0 spiro atoms. The second-order valence-corrected chi connectivity index (χ2v) is 22.1. The van der Waals surface area contributed by atoms with Gasteiger partial charge in [-0.05, 0) is 80.1 Å². The summed E-state index contributed by atoms with van der Waals surface area (Å²) >= 11 is 0. The van der Waals surface area contributed by atoms with E-state index in [1.807, 2.05) is 108 Å². The number of unbranched alkanes of at least 4 members (excludes halogenated alkanes) is 3. The molecule has 3 heterocycles. The quantitative estimate of drug-likeness (QED) is 0.0789. The van der Waals surface area contributed by atoms with Gasteiger partial charge < -0.3 is 29.9 Å². The van der Waals surface area contributed by atoms with Crippen LogP contribution in [0.15, 0.2) is 66.7 Å². The van der Waals surface area contributed by atoms with Crippen LogP contribution in [0.25, 0.3) is 0 Å². The molecule has 3 aliphatic heterocycles. The highest BCUT2D eigenvalue weighted by Crippen LogP contribution is 2.53. The number of nitrogens with one attached hydrogen (secondary N) is 2. The Morgan fingerprint density at radius 1 is 0.827 bits per heavy atom. The number of fused-ring (bicyclic) bond motifs is 1. The molecule has 1 saturated heterocycles. The number of likely N-dealkylation sites (N-methyl/N-ethyl adjacent to an activating group) is 2. The maximum absolute atomic E-state index is 14.7. The van der Waals surface area contributed by atoms with E-state index in [9.17, 15) is 33.6 Å². The van der Waals surface area contributed by atoms with Crippen LogP contribution in [-0.4, -0.2) is 156 Å². The van der Waals surface area contributed by atoms with Crippen molar-refractivity contribution in [3.05, 3.63) is 83.4 Å². The monoisotopic (exact) mass is 1040 g/mol. The maximum Gasteiger partial charge on any atom is 0.272 e. The molecule has 75 heavy (non-hydrogen) atoms. The highest BCUT2D eigenvalue weighted by molar-refractivity contribution is 6.12. The normalized spacial score (nSPS) is 22.2. The molecule has 1 aliphatic carbocycles. The molecule has 2 fully saturated rings. The highest BCUT2D eigenvalue weighted by atomic mass is 16.7. The molecule has 412 valence electrons. The lowest BCUT2D eigenvalue weighted by Crippen LogP contribution is -2.60. The Morgan fingerprint density at radius 3 is 2.11 bits per heavy atom. The Morgan fingerprint density at radius 2 is 1.48 bits per heavy atom. The molecule has 0 bridgehead atoms. The van der Waals surface area contributed by atoms with Crippen molar-refractivity contribution < 1.29 is 47.9 Å². The maximum atomic E-state index is 14.7. The van der Waals surface area contributed by atoms with Gasteiger partial charge in [0, 0.05) is 52.4 Å². The Kier molecular flexibility index (Phi) is 20.8. The minimum Gasteiger partial charge on any atom is -0.379 e. The summed E-state index contributed by atoms with van der Waals surface area (Å²) in [4.78, 5) is 109. The molecule has 0 aromatic heterocycles. The minimum atomic E-state index is -1.23. The van der Waals surface area contributed by atoms with Gasteiger partial charge in [-0.2, -0.15) is 0 Å². The van der Waals surface area contributed by atoms with Crippen molar-refractivity contribution in [2.24, 2.45) is 23.7 Å². The standard InChI is InChI=1S/C58H85N7O10/c1-12-39(6)52(62(9)56(71)50(37(2)3)59-55(70)51(38(4)5)61(8)30-20-13-14-21-31-64-47(66)28-29-48(64)67)46(73-10)33-49(68)63-32-22-27-45(63)53(74-11)40(7)54(69)60-58(34-44(58)41-23-16-15-17-24-41)57(72)65-35-42-25-18-19-26-43(42)36-75-65/h15-19,23-26,28-29,37-40,44-46,50-53H,12-14,20-22,27,30-36H2,1-11H3,(H,59,70)(H,60,69)/t39-,40+,44+,45-,46+,50-,51-,52-,53+,58-/m0/s1. The minimum absolute atomic E-state index is 0.0311. The molecule has 17 heteroatoms. The van der Waals surface area contributed by atoms with Crippen molar-refractivity contribution in [3.63, 3.8) is 0 Å². The zero-order chi connectivity index (χ0) is 54.7. The molecule has 0 radical (unpaired) electrons. The number of likely N-dealkylation sites (tertiary alicyclic amines) is 1. The van der Waals surface area contributed by atoms with Crippen LogP contribution in [0.1, 0.15) is 129 Å². The number of carbonyl (C=O) groups excluding carboxylic acids is 7. The van der Waals surface area contributed by atoms with E-state index in [1.165, 1.54) is 22.1 Å². The number of hydrogen-bond acceptors (Lipinski definition) is 11. The van der Waals surface area contributed by atoms with Crippen molar-refractivity contribution in [2.45, 2.75) is 167 Å². The smallest absolute Gasteiger partial charge is 0.272 e. The zero-order valence-corrected chi connectivity index (χ0v) is 46.4. The fourth-order valence-corrected chi connectivity index (χ4v) is 11.7. The number of ether oxygens (including phenoxy) is 2. The molecule has 0 unspecified atom stereocenters. The molecule has 2 N–H and O–H groups in total. The van der Waals surface area contributed by atoms with E-state index in [0.717, 1.165) is 36.0 Å². The number of nitrogens with zero attached hydrogens (tertiary/aromatic N) is 5. The molecular formula is C58H85N7O10. The number of methoxy groups -OCH3 is 2. The second kappa shape index (κ2) is 26.5. The van der Waals surface area contributed by atoms with E-state index in [4.69, 9.17) is 14.3 Å². The number of benzene rings is 2. The first-order valence-electron chi connectivity index (χ1n) is 27.3. The van der Waals surface area contributed by atoms with Gasteiger partial charge in [-0.25, -0.2) is 5.06 Å². The fourth-order valence-electron chi connectivity index (χ4n) is 11.7. The molecule has 17 nitrogen and oxygen atoms in total. The van der Waals surface area contributed by atoms with Crippen LogP contribution in [0, 0.1) is 23.7 Å². The van der Waals surface area contributed by atoms with E-state index < -0.39 is 47.8 Å². The number of hydroxylamine groups is 2. The van der Waals surface area contributed by atoms with Gasteiger partial charge in [0.15, 0.2) is 0 Å². The van der Waals surface area contributed by atoms with Gasteiger partial charge in [0.25, 0.3) is 17.7 Å². The number of imide groups is 1. The summed E-state index contributed by atoms with van der Waals surface area (Å²) in [6.45, 7) is 15.7. The van der Waals surface area contributed by atoms with Gasteiger partial charge in [-0.15, -0.1) is 0 Å². The number of hydrogen-bond donors (Lipinski definition) is 2. The summed E-state index contributed by atoms with van der Waals surface area (Å²) in [5.41, 5.74) is 1.72. The third-order valence-electron chi connectivity index (χ3n) is 16.3. The highest BCUT2D eigenvalue weighted by Gasteiger charge is 2.64. The van der Waals surface area contributed by atoms with Crippen LogP contribution >= 0.6 is 0 Å². The molecule has 1 saturated carbocycles. The number of carbonyl (C=O) groups is 7. The van der Waals surface area contributed by atoms with Crippen molar-refractivity contribution in [2.75, 3.05) is 47.9 Å². The van der Waals surface area contributed by atoms with E-state index >= 15 is 0 Å². The van der Waals surface area contributed by atoms with E-state index in [1.54, 1.807) is 38.0 Å². The predicted molar refractivity (Wildman–Crippen MR) is 285 cm³/mol. The van der Waals surface area contributed by atoms with Gasteiger partial charge in [0.1, 0.15) is 18.2 Å². The lowest BCUT2D eigenvalue weighted by atomic mass is 9.89. The van der Waals surface area contributed by atoms with Gasteiger partial charge in [-0.1, -0.05) is 122 Å². The van der Waals surface area contributed by atoms with Gasteiger partial charge in [0.05, 0.1) is 49.2 Å². The first-order chi connectivity index (χ1) is 35.8. The molecule has 2 aromatic carbocycles. The third kappa shape index (κ3) is 13.7. The van der Waals surface area contributed by atoms with Crippen LogP contribution in [0.5, 0.6) is 0 Å². The van der Waals surface area contributed by atoms with E-state index in [2.05, 4.69) is 10.6 Å². The Bertz CT molecular complexity index is 2330. The first kappa shape index (κ1) is 58.8. The average Bonchev–Trinajstić information content (AvgIpc) is 3.74. The van der Waals surface area contributed by atoms with Crippen LogP contribution in [0.3, 0.4) is 0 Å². The Labute approximate surface area is 445 Å². The van der Waals surface area contributed by atoms with E-state index in [-0.39, 0.29) is 84.6 Å². The summed E-state index contributed by atoms with van der Waals surface area (Å²) in [6, 6.07) is 15.2. The van der Waals surface area contributed by atoms with Crippen molar-refractivity contribution in [1.82, 2.24) is 35.3 Å². The predicted octanol–water partition coefficient (Wildman–Crippen LogP) is 6.01. The Balaban J connectivity index is 1.09. The van der Waals surface area contributed by atoms with Crippen molar-refractivity contribution in [3.8, 4) is 0 Å². The van der Waals surface area contributed by atoms with Crippen LogP contribution in [-0.2, 0) is 61.0 Å². The van der Waals surface area contributed by atoms with Crippen LogP contribution in [0.4, 0.5) is 0 Å². The van der Waals surface area contributed by atoms with E-state index in [0.29, 0.717) is 51.7 Å². The summed E-state index contributed by atoms with van der Waals surface area (Å²) in [6.07, 6.45) is 6.81. The van der Waals surface area contributed by atoms with Crippen molar-refractivity contribution >= 4 is 41.4 Å². The SMILES string of the molecule is CC[C@H](C)[C@@H]([C@@H](CC(=O)N1CCC[C@H]1[C@H](OC)[C@@H](C)C(=O)N[C@@]1(C(=O)N2Cc3ccccc3CO2)C[C@@H]1c1ccccc1)OC)N(C)C(=O)[C@@H](NC(=O)[C@H](C(C)C)N(C)CCCCCCN1C(=O)C=CC1=O)C(C)C. The average molecular weight is 1040 g/mol. The van der Waals surface area contributed by atoms with Crippen molar-refractivity contribution in [1.29, 1.82) is 0 Å². The summed E-state index contributed by atoms with van der Waals surface area (Å²) < 4.78 is 12.3. The topological polar surface area (TPSA) is 187 Å². The van der Waals surface area contributed by atoms with Gasteiger partial charge in [-0.3, -0.25) is 48.2 Å². The van der Waals surface area contributed by atoms with Gasteiger partial charge >= 0.3 is 0 Å². The molecule has 10 atom stereocenters. The molecule has 2 aromatic rings. The molecule has 7 amide bonds. The molecular weight excluding hydrogens is 955 g/mol. The lowest BCUT2D eigenvalue weighted by Gasteiger charge is -2.41. The Hall–Kier alpha value is -5.49. The summed E-state index contributed by atoms with van der Waals surface area (Å²) in [7, 11) is 6.75. The third-order valence-corrected chi connectivity index (χ3v) is 16.3. The number of rotatable bonds is 27. The summed E-state index contributed by atoms with van der Waals surface area (Å²) in [5, 5.41) is 7.70. The fraction of sp³-hybridized carbons (Fsp3) is 0.638. The first-order valence-corrected chi connectivity index (χ1v) is 27.3. The van der Waals surface area contributed by atoms with Crippen LogP contribution in [0.2, 0.25) is 0 Å². The van der Waals surface area contributed by atoms with Crippen LogP contribution < -0.4 is 10.6 Å². The summed E-state index contributed by atoms with van der Waals surface area (Å²) in [5.74, 6) is -3.31. The molecule has 6 rings (SSSR count). The molecule has 4 aliphatic rings. The number of amides is 7. The largest absolute Gasteiger partial charge is 0.379 e.